The lowest BCUT2D eigenvalue weighted by atomic mass is 9.86. The summed E-state index contributed by atoms with van der Waals surface area (Å²) in [5, 5.41) is 11.6. The number of rotatable bonds is 5. The summed E-state index contributed by atoms with van der Waals surface area (Å²) in [6.45, 7) is 1.39. The van der Waals surface area contributed by atoms with Crippen LogP contribution >= 0.6 is 0 Å². The number of H-pyrrole nitrogens is 1. The van der Waals surface area contributed by atoms with Gasteiger partial charge in [-0.15, -0.1) is 0 Å². The van der Waals surface area contributed by atoms with Gasteiger partial charge in [-0.05, 0) is 55.2 Å². The van der Waals surface area contributed by atoms with Crippen LogP contribution in [0.25, 0.3) is 22.5 Å². The van der Waals surface area contributed by atoms with Gasteiger partial charge in [0.25, 0.3) is 5.91 Å². The SMILES string of the molecule is COc1ccc(-c2n[nH]c3c2C(C2CCOCC2)N(c2ccc(-c4ccon4)cc2)C3=O)cc1. The standard InChI is InChI=1S/C26H24N4O4/c1-32-20-8-4-17(5-9-20)23-22-24(28-27-23)26(31)30(25(22)18-10-13-33-14-11-18)19-6-2-16(3-7-19)21-12-15-34-29-21/h2-9,12,15,18,25H,10-11,13-14H2,1H3,(H,27,28). The molecule has 1 unspecified atom stereocenters. The molecule has 1 saturated heterocycles. The molecule has 0 saturated carbocycles. The fourth-order valence-electron chi connectivity index (χ4n) is 5.06. The van der Waals surface area contributed by atoms with Crippen LogP contribution in [0.15, 0.2) is 65.4 Å². The number of aromatic nitrogens is 3. The molecule has 1 amide bonds. The minimum atomic E-state index is -0.125. The summed E-state index contributed by atoms with van der Waals surface area (Å²) in [5.74, 6) is 0.985. The number of hydrogen-bond donors (Lipinski definition) is 1. The number of anilines is 1. The van der Waals surface area contributed by atoms with Crippen LogP contribution in [0.4, 0.5) is 5.69 Å². The zero-order valence-corrected chi connectivity index (χ0v) is 18.7. The van der Waals surface area contributed by atoms with Crippen molar-refractivity contribution >= 4 is 11.6 Å². The highest BCUT2D eigenvalue weighted by Crippen LogP contribution is 2.47. The molecule has 1 fully saturated rings. The molecule has 34 heavy (non-hydrogen) atoms. The number of nitrogens with zero attached hydrogens (tertiary/aromatic N) is 3. The molecule has 2 aromatic carbocycles. The number of nitrogens with one attached hydrogen (secondary N) is 1. The van der Waals surface area contributed by atoms with Crippen molar-refractivity contribution in [2.75, 3.05) is 25.2 Å². The fourth-order valence-corrected chi connectivity index (χ4v) is 5.06. The van der Waals surface area contributed by atoms with E-state index in [9.17, 15) is 4.79 Å². The van der Waals surface area contributed by atoms with E-state index in [4.69, 9.17) is 14.0 Å². The van der Waals surface area contributed by atoms with E-state index in [2.05, 4.69) is 15.4 Å². The van der Waals surface area contributed by atoms with Gasteiger partial charge >= 0.3 is 0 Å². The van der Waals surface area contributed by atoms with Gasteiger partial charge in [0.15, 0.2) is 0 Å². The van der Waals surface area contributed by atoms with Crippen LogP contribution in [-0.4, -0.2) is 41.6 Å². The maximum Gasteiger partial charge on any atom is 0.277 e. The predicted molar refractivity (Wildman–Crippen MR) is 126 cm³/mol. The van der Waals surface area contributed by atoms with E-state index in [0.717, 1.165) is 52.4 Å². The van der Waals surface area contributed by atoms with E-state index >= 15 is 0 Å². The molecule has 4 heterocycles. The van der Waals surface area contributed by atoms with Crippen molar-refractivity contribution in [1.29, 1.82) is 0 Å². The van der Waals surface area contributed by atoms with Gasteiger partial charge in [0, 0.05) is 41.7 Å². The summed E-state index contributed by atoms with van der Waals surface area (Å²) in [6, 6.07) is 17.4. The largest absolute Gasteiger partial charge is 0.497 e. The molecule has 0 radical (unpaired) electrons. The van der Waals surface area contributed by atoms with Gasteiger partial charge in [-0.2, -0.15) is 5.10 Å². The lowest BCUT2D eigenvalue weighted by molar-refractivity contribution is 0.0573. The summed E-state index contributed by atoms with van der Waals surface area (Å²) in [4.78, 5) is 15.6. The average molecular weight is 457 g/mol. The van der Waals surface area contributed by atoms with Crippen molar-refractivity contribution in [2.24, 2.45) is 5.92 Å². The Morgan fingerprint density at radius 1 is 1.00 bits per heavy atom. The zero-order chi connectivity index (χ0) is 23.1. The van der Waals surface area contributed by atoms with Gasteiger partial charge in [-0.25, -0.2) is 0 Å². The van der Waals surface area contributed by atoms with Crippen LogP contribution in [0.5, 0.6) is 5.75 Å². The topological polar surface area (TPSA) is 93.5 Å². The molecule has 172 valence electrons. The highest BCUT2D eigenvalue weighted by Gasteiger charge is 2.46. The van der Waals surface area contributed by atoms with Gasteiger partial charge in [0.1, 0.15) is 23.4 Å². The van der Waals surface area contributed by atoms with Crippen molar-refractivity contribution in [3.63, 3.8) is 0 Å². The number of hydrogen-bond acceptors (Lipinski definition) is 6. The summed E-state index contributed by atoms with van der Waals surface area (Å²) < 4.78 is 15.9. The van der Waals surface area contributed by atoms with E-state index in [0.29, 0.717) is 18.9 Å². The van der Waals surface area contributed by atoms with Crippen LogP contribution in [0.1, 0.15) is 34.9 Å². The van der Waals surface area contributed by atoms with E-state index in [1.54, 1.807) is 13.4 Å². The molecule has 4 aromatic rings. The summed E-state index contributed by atoms with van der Waals surface area (Å²) >= 11 is 0. The molecule has 6 rings (SSSR count). The second-order valence-electron chi connectivity index (χ2n) is 8.59. The third-order valence-corrected chi connectivity index (χ3v) is 6.77. The van der Waals surface area contributed by atoms with E-state index in [-0.39, 0.29) is 17.9 Å². The first-order valence-corrected chi connectivity index (χ1v) is 11.4. The van der Waals surface area contributed by atoms with Gasteiger partial charge in [-0.3, -0.25) is 14.8 Å². The molecule has 1 N–H and O–H groups in total. The van der Waals surface area contributed by atoms with Crippen LogP contribution in [0.2, 0.25) is 0 Å². The molecular formula is C26H24N4O4. The Labute approximate surface area is 196 Å². The molecule has 2 aliphatic heterocycles. The van der Waals surface area contributed by atoms with Crippen molar-refractivity contribution in [2.45, 2.75) is 18.9 Å². The Hall–Kier alpha value is -3.91. The molecule has 8 heteroatoms. The zero-order valence-electron chi connectivity index (χ0n) is 18.7. The number of carbonyl (C=O) groups excluding carboxylic acids is 1. The number of amides is 1. The van der Waals surface area contributed by atoms with Crippen LogP contribution in [0, 0.1) is 5.92 Å². The number of benzene rings is 2. The van der Waals surface area contributed by atoms with E-state index in [1.807, 2.05) is 59.5 Å². The molecule has 0 bridgehead atoms. The number of fused-ring (bicyclic) bond motifs is 1. The molecule has 0 spiro atoms. The fraction of sp³-hybridized carbons (Fsp3) is 0.269. The first-order chi connectivity index (χ1) is 16.7. The summed E-state index contributed by atoms with van der Waals surface area (Å²) in [6.07, 6.45) is 3.32. The lowest BCUT2D eigenvalue weighted by Gasteiger charge is -2.34. The predicted octanol–water partition coefficient (Wildman–Crippen LogP) is 4.87. The third kappa shape index (κ3) is 3.38. The number of carbonyl (C=O) groups is 1. The minimum Gasteiger partial charge on any atom is -0.497 e. The van der Waals surface area contributed by atoms with Gasteiger partial charge in [-0.1, -0.05) is 17.3 Å². The maximum atomic E-state index is 13.7. The highest BCUT2D eigenvalue weighted by molar-refractivity contribution is 6.11. The normalized spacial score (nSPS) is 18.3. The Kier molecular flexibility index (Phi) is 5.15. The van der Waals surface area contributed by atoms with Crippen molar-refractivity contribution in [3.8, 4) is 28.3 Å². The summed E-state index contributed by atoms with van der Waals surface area (Å²) in [5.41, 5.74) is 5.82. The Morgan fingerprint density at radius 3 is 2.41 bits per heavy atom. The second kappa shape index (κ2) is 8.46. The Balaban J connectivity index is 1.42. The first kappa shape index (κ1) is 20.7. The molecule has 0 aliphatic carbocycles. The third-order valence-electron chi connectivity index (χ3n) is 6.77. The average Bonchev–Trinajstić information content (AvgIpc) is 3.63. The number of aromatic amines is 1. The quantitative estimate of drug-likeness (QED) is 0.461. The van der Waals surface area contributed by atoms with Crippen LogP contribution < -0.4 is 9.64 Å². The molecule has 2 aromatic heterocycles. The molecule has 2 aliphatic rings. The smallest absolute Gasteiger partial charge is 0.277 e. The minimum absolute atomic E-state index is 0.0621. The van der Waals surface area contributed by atoms with E-state index in [1.165, 1.54) is 0 Å². The van der Waals surface area contributed by atoms with Crippen molar-refractivity contribution < 1.29 is 18.8 Å². The van der Waals surface area contributed by atoms with Gasteiger partial charge in [0.05, 0.1) is 18.8 Å². The molecular weight excluding hydrogens is 432 g/mol. The van der Waals surface area contributed by atoms with Gasteiger partial charge in [0.2, 0.25) is 0 Å². The summed E-state index contributed by atoms with van der Waals surface area (Å²) in [7, 11) is 1.65. The lowest BCUT2D eigenvalue weighted by Crippen LogP contribution is -2.35. The van der Waals surface area contributed by atoms with Crippen LogP contribution in [0.3, 0.4) is 0 Å². The van der Waals surface area contributed by atoms with Crippen molar-refractivity contribution in [1.82, 2.24) is 15.4 Å². The monoisotopic (exact) mass is 456 g/mol. The molecule has 1 atom stereocenters. The van der Waals surface area contributed by atoms with E-state index < -0.39 is 0 Å². The molecule has 8 nitrogen and oxygen atoms in total. The first-order valence-electron chi connectivity index (χ1n) is 11.4. The number of methoxy groups -OCH3 is 1. The van der Waals surface area contributed by atoms with Crippen LogP contribution in [-0.2, 0) is 4.74 Å². The maximum absolute atomic E-state index is 13.7. The second-order valence-corrected chi connectivity index (χ2v) is 8.59. The van der Waals surface area contributed by atoms with Gasteiger partial charge < -0.3 is 14.0 Å². The number of ether oxygens (including phenoxy) is 2. The Morgan fingerprint density at radius 2 is 1.74 bits per heavy atom. The highest BCUT2D eigenvalue weighted by atomic mass is 16.5. The Bertz CT molecular complexity index is 1290. The van der Waals surface area contributed by atoms with Crippen molar-refractivity contribution in [3.05, 3.63) is 72.1 Å².